The molecule has 0 unspecified atom stereocenters. The van der Waals surface area contributed by atoms with Crippen molar-refractivity contribution in [1.29, 1.82) is 0 Å². The molecule has 0 bridgehead atoms. The lowest BCUT2D eigenvalue weighted by Gasteiger charge is -2.05. The number of benzene rings is 2. The molecule has 0 aliphatic rings. The molecule has 122 valence electrons. The van der Waals surface area contributed by atoms with Crippen LogP contribution in [0.25, 0.3) is 10.6 Å². The molecule has 1 amide bonds. The van der Waals surface area contributed by atoms with Crippen molar-refractivity contribution in [1.82, 2.24) is 10.3 Å². The first kappa shape index (κ1) is 16.2. The topological polar surface area (TPSA) is 51.2 Å². The number of aryl methyl sites for hydroxylation is 1. The average molecular weight is 338 g/mol. The molecule has 0 saturated carbocycles. The number of carbonyl (C=O) groups excluding carboxylic acids is 1. The minimum atomic E-state index is -0.116. The van der Waals surface area contributed by atoms with Crippen LogP contribution in [0.5, 0.6) is 5.75 Å². The summed E-state index contributed by atoms with van der Waals surface area (Å²) >= 11 is 1.40. The molecule has 0 atom stereocenters. The summed E-state index contributed by atoms with van der Waals surface area (Å²) in [5.74, 6) is 0.662. The van der Waals surface area contributed by atoms with Gasteiger partial charge in [-0.05, 0) is 30.7 Å². The lowest BCUT2D eigenvalue weighted by Crippen LogP contribution is -2.21. The van der Waals surface area contributed by atoms with Gasteiger partial charge >= 0.3 is 0 Å². The van der Waals surface area contributed by atoms with Gasteiger partial charge in [0.2, 0.25) is 0 Å². The fourth-order valence-electron chi connectivity index (χ4n) is 2.34. The number of nitrogens with one attached hydrogen (secondary N) is 1. The van der Waals surface area contributed by atoms with Gasteiger partial charge in [0.15, 0.2) is 0 Å². The second-order valence-electron chi connectivity index (χ2n) is 5.43. The maximum Gasteiger partial charge on any atom is 0.263 e. The zero-order chi connectivity index (χ0) is 16.9. The highest BCUT2D eigenvalue weighted by molar-refractivity contribution is 7.16. The van der Waals surface area contributed by atoms with Gasteiger partial charge in [0, 0.05) is 12.1 Å². The van der Waals surface area contributed by atoms with Crippen LogP contribution < -0.4 is 10.1 Å². The van der Waals surface area contributed by atoms with Crippen molar-refractivity contribution in [3.63, 3.8) is 0 Å². The summed E-state index contributed by atoms with van der Waals surface area (Å²) in [4.78, 5) is 17.3. The Bertz CT molecular complexity index is 858. The molecular formula is C19H18N2O2S. The van der Waals surface area contributed by atoms with E-state index in [1.807, 2.05) is 49.4 Å². The number of nitrogens with zero attached hydrogens (tertiary/aromatic N) is 1. The molecule has 0 aliphatic heterocycles. The molecular weight excluding hydrogens is 320 g/mol. The minimum Gasteiger partial charge on any atom is -0.497 e. The van der Waals surface area contributed by atoms with Crippen molar-refractivity contribution >= 4 is 17.2 Å². The van der Waals surface area contributed by atoms with Crippen LogP contribution >= 0.6 is 11.3 Å². The fraction of sp³-hybridized carbons (Fsp3) is 0.158. The van der Waals surface area contributed by atoms with E-state index in [1.54, 1.807) is 13.3 Å². The monoisotopic (exact) mass is 338 g/mol. The number of amides is 1. The number of methoxy groups -OCH3 is 1. The van der Waals surface area contributed by atoms with Crippen LogP contribution in [-0.4, -0.2) is 18.0 Å². The predicted molar refractivity (Wildman–Crippen MR) is 96.5 cm³/mol. The molecule has 0 saturated heterocycles. The van der Waals surface area contributed by atoms with E-state index in [-0.39, 0.29) is 5.91 Å². The lowest BCUT2D eigenvalue weighted by molar-refractivity contribution is 0.0954. The Morgan fingerprint density at radius 1 is 1.21 bits per heavy atom. The summed E-state index contributed by atoms with van der Waals surface area (Å²) in [6.45, 7) is 2.49. The summed E-state index contributed by atoms with van der Waals surface area (Å²) in [6, 6.07) is 15.7. The second kappa shape index (κ2) is 7.27. The number of ether oxygens (including phenoxy) is 1. The third-order valence-electron chi connectivity index (χ3n) is 3.58. The molecule has 3 aromatic rings. The van der Waals surface area contributed by atoms with E-state index < -0.39 is 0 Å². The van der Waals surface area contributed by atoms with Crippen LogP contribution in [0.1, 0.15) is 20.8 Å². The zero-order valence-electron chi connectivity index (χ0n) is 13.6. The summed E-state index contributed by atoms with van der Waals surface area (Å²) in [6.07, 6.45) is 1.63. The van der Waals surface area contributed by atoms with E-state index in [1.165, 1.54) is 16.9 Å². The van der Waals surface area contributed by atoms with E-state index >= 15 is 0 Å². The second-order valence-corrected chi connectivity index (χ2v) is 6.46. The maximum atomic E-state index is 12.3. The first-order valence-electron chi connectivity index (χ1n) is 7.60. The van der Waals surface area contributed by atoms with Crippen molar-refractivity contribution in [2.24, 2.45) is 0 Å². The largest absolute Gasteiger partial charge is 0.497 e. The smallest absolute Gasteiger partial charge is 0.263 e. The van der Waals surface area contributed by atoms with Crippen molar-refractivity contribution in [3.05, 3.63) is 70.7 Å². The van der Waals surface area contributed by atoms with Crippen LogP contribution in [-0.2, 0) is 6.54 Å². The molecule has 0 fully saturated rings. The van der Waals surface area contributed by atoms with E-state index in [0.29, 0.717) is 11.4 Å². The number of hydrogen-bond donors (Lipinski definition) is 1. The number of carbonyl (C=O) groups is 1. The molecule has 0 aliphatic carbocycles. The van der Waals surface area contributed by atoms with Gasteiger partial charge in [-0.25, -0.2) is 4.98 Å². The average Bonchev–Trinajstić information content (AvgIpc) is 3.10. The van der Waals surface area contributed by atoms with Gasteiger partial charge in [-0.15, -0.1) is 11.3 Å². The Morgan fingerprint density at radius 2 is 2.04 bits per heavy atom. The number of rotatable bonds is 5. The summed E-state index contributed by atoms with van der Waals surface area (Å²) in [5, 5.41) is 3.77. The van der Waals surface area contributed by atoms with Crippen molar-refractivity contribution in [3.8, 4) is 16.3 Å². The van der Waals surface area contributed by atoms with Crippen molar-refractivity contribution in [2.45, 2.75) is 13.5 Å². The van der Waals surface area contributed by atoms with Gasteiger partial charge in [0.25, 0.3) is 5.91 Å². The highest BCUT2D eigenvalue weighted by Gasteiger charge is 2.11. The van der Waals surface area contributed by atoms with E-state index in [9.17, 15) is 4.79 Å². The van der Waals surface area contributed by atoms with Crippen molar-refractivity contribution < 1.29 is 9.53 Å². The highest BCUT2D eigenvalue weighted by Crippen LogP contribution is 2.25. The molecule has 1 N–H and O–H groups in total. The molecule has 1 aromatic heterocycles. The van der Waals surface area contributed by atoms with E-state index in [4.69, 9.17) is 4.74 Å². The molecule has 0 radical (unpaired) electrons. The summed E-state index contributed by atoms with van der Waals surface area (Å²) < 4.78 is 5.19. The van der Waals surface area contributed by atoms with Crippen LogP contribution in [0, 0.1) is 6.92 Å². The van der Waals surface area contributed by atoms with Crippen LogP contribution in [0.2, 0.25) is 0 Å². The maximum absolute atomic E-state index is 12.3. The van der Waals surface area contributed by atoms with Gasteiger partial charge in [-0.1, -0.05) is 35.9 Å². The third kappa shape index (κ3) is 3.81. The fourth-order valence-corrected chi connectivity index (χ4v) is 3.17. The molecule has 1 heterocycles. The van der Waals surface area contributed by atoms with Gasteiger partial charge in [0.05, 0.1) is 13.3 Å². The van der Waals surface area contributed by atoms with Crippen molar-refractivity contribution in [2.75, 3.05) is 7.11 Å². The predicted octanol–water partition coefficient (Wildman–Crippen LogP) is 4.06. The van der Waals surface area contributed by atoms with Crippen LogP contribution in [0.3, 0.4) is 0 Å². The molecule has 0 spiro atoms. The summed E-state index contributed by atoms with van der Waals surface area (Å²) in [5.41, 5.74) is 3.20. The minimum absolute atomic E-state index is 0.116. The van der Waals surface area contributed by atoms with Crippen LogP contribution in [0.4, 0.5) is 0 Å². The Kier molecular flexibility index (Phi) is 4.91. The molecule has 3 rings (SSSR count). The number of thiazole rings is 1. The normalized spacial score (nSPS) is 10.4. The van der Waals surface area contributed by atoms with Gasteiger partial charge < -0.3 is 10.1 Å². The van der Waals surface area contributed by atoms with E-state index in [0.717, 1.165) is 21.9 Å². The number of aromatic nitrogens is 1. The standard InChI is InChI=1S/C19H18N2O2S/c1-13-5-3-7-15(9-13)19-21-12-17(24-19)18(22)20-11-14-6-4-8-16(10-14)23-2/h3-10,12H,11H2,1-2H3,(H,20,22). The first-order chi connectivity index (χ1) is 11.7. The highest BCUT2D eigenvalue weighted by atomic mass is 32.1. The van der Waals surface area contributed by atoms with Gasteiger partial charge in [0.1, 0.15) is 15.6 Å². The quantitative estimate of drug-likeness (QED) is 0.763. The van der Waals surface area contributed by atoms with Gasteiger partial charge in [-0.3, -0.25) is 4.79 Å². The SMILES string of the molecule is COc1cccc(CNC(=O)c2cnc(-c3cccc(C)c3)s2)c1. The zero-order valence-corrected chi connectivity index (χ0v) is 14.4. The Hall–Kier alpha value is -2.66. The number of hydrogen-bond acceptors (Lipinski definition) is 4. The van der Waals surface area contributed by atoms with Crippen LogP contribution in [0.15, 0.2) is 54.7 Å². The molecule has 2 aromatic carbocycles. The van der Waals surface area contributed by atoms with Gasteiger partial charge in [-0.2, -0.15) is 0 Å². The Balaban J connectivity index is 1.67. The van der Waals surface area contributed by atoms with E-state index in [2.05, 4.69) is 16.4 Å². The molecule has 5 heteroatoms. The molecule has 4 nitrogen and oxygen atoms in total. The Morgan fingerprint density at radius 3 is 2.83 bits per heavy atom. The summed E-state index contributed by atoms with van der Waals surface area (Å²) in [7, 11) is 1.63. The Labute approximate surface area is 145 Å². The third-order valence-corrected chi connectivity index (χ3v) is 4.63. The first-order valence-corrected chi connectivity index (χ1v) is 8.41. The molecule has 24 heavy (non-hydrogen) atoms. The lowest BCUT2D eigenvalue weighted by atomic mass is 10.1.